The second-order valence-electron chi connectivity index (χ2n) is 4.34. The van der Waals surface area contributed by atoms with Gasteiger partial charge in [-0.25, -0.2) is 13.4 Å². The Morgan fingerprint density at radius 3 is 2.74 bits per heavy atom. The largest absolute Gasteiger partial charge is 0.353 e. The van der Waals surface area contributed by atoms with E-state index in [1.165, 1.54) is 6.07 Å². The third-order valence-electron chi connectivity index (χ3n) is 2.74. The quantitative estimate of drug-likeness (QED) is 0.773. The molecule has 0 saturated carbocycles. The number of rotatable bonds is 2. The zero-order chi connectivity index (χ0) is 13.6. The van der Waals surface area contributed by atoms with Crippen molar-refractivity contribution < 1.29 is 12.9 Å². The van der Waals surface area contributed by atoms with E-state index in [4.69, 9.17) is 4.52 Å². The Morgan fingerprint density at radius 2 is 2.11 bits per heavy atom. The number of aryl methyl sites for hydroxylation is 1. The van der Waals surface area contributed by atoms with Crippen molar-refractivity contribution in [1.82, 2.24) is 15.1 Å². The fourth-order valence-electron chi connectivity index (χ4n) is 1.90. The summed E-state index contributed by atoms with van der Waals surface area (Å²) >= 11 is 0. The summed E-state index contributed by atoms with van der Waals surface area (Å²) in [5.41, 5.74) is 1.79. The summed E-state index contributed by atoms with van der Waals surface area (Å²) in [6, 6.07) is 6.71. The first-order valence-corrected chi connectivity index (χ1v) is 7.47. The van der Waals surface area contributed by atoms with Crippen LogP contribution in [0.1, 0.15) is 5.69 Å². The minimum absolute atomic E-state index is 0.198. The van der Waals surface area contributed by atoms with Gasteiger partial charge in [0.15, 0.2) is 15.7 Å². The lowest BCUT2D eigenvalue weighted by Crippen LogP contribution is -1.97. The molecular formula is C12H11N3O3S. The highest BCUT2D eigenvalue weighted by molar-refractivity contribution is 7.91. The average molecular weight is 277 g/mol. The molecule has 0 fully saturated rings. The minimum Gasteiger partial charge on any atom is -0.353 e. The smallest absolute Gasteiger partial charge is 0.202 e. The number of imidazole rings is 1. The Hall–Kier alpha value is -2.15. The van der Waals surface area contributed by atoms with Crippen molar-refractivity contribution >= 4 is 20.9 Å². The third kappa shape index (κ3) is 2.01. The number of sulfone groups is 1. The molecule has 6 nitrogen and oxygen atoms in total. The van der Waals surface area contributed by atoms with Gasteiger partial charge in [-0.3, -0.25) is 0 Å². The highest BCUT2D eigenvalue weighted by Gasteiger charge is 2.17. The van der Waals surface area contributed by atoms with Gasteiger partial charge in [0.2, 0.25) is 5.76 Å². The maximum absolute atomic E-state index is 11.7. The Balaban J connectivity index is 2.27. The SMILES string of the molecule is Cc1cc(-c2nc3c(S(C)(=O)=O)cccc3[nH]2)on1. The van der Waals surface area contributed by atoms with Crippen LogP contribution in [0.5, 0.6) is 0 Å². The van der Waals surface area contributed by atoms with E-state index >= 15 is 0 Å². The molecule has 2 aromatic heterocycles. The van der Waals surface area contributed by atoms with E-state index in [9.17, 15) is 8.42 Å². The van der Waals surface area contributed by atoms with Crippen molar-refractivity contribution in [1.29, 1.82) is 0 Å². The summed E-state index contributed by atoms with van der Waals surface area (Å²) in [6.07, 6.45) is 1.16. The lowest BCUT2D eigenvalue weighted by molar-refractivity contribution is 0.425. The van der Waals surface area contributed by atoms with Crippen LogP contribution in [0.15, 0.2) is 33.7 Å². The molecule has 3 aromatic rings. The Labute approximate surface area is 109 Å². The summed E-state index contributed by atoms with van der Waals surface area (Å²) in [5.74, 6) is 0.944. The van der Waals surface area contributed by atoms with Gasteiger partial charge in [0.05, 0.1) is 16.1 Å². The zero-order valence-corrected chi connectivity index (χ0v) is 11.2. The first-order chi connectivity index (χ1) is 8.95. The average Bonchev–Trinajstić information content (AvgIpc) is 2.92. The summed E-state index contributed by atoms with van der Waals surface area (Å²) in [5, 5.41) is 3.78. The third-order valence-corrected chi connectivity index (χ3v) is 3.86. The van der Waals surface area contributed by atoms with Gasteiger partial charge in [0, 0.05) is 12.3 Å². The first-order valence-electron chi connectivity index (χ1n) is 5.57. The lowest BCUT2D eigenvalue weighted by atomic mass is 10.3. The maximum Gasteiger partial charge on any atom is 0.202 e. The van der Waals surface area contributed by atoms with Crippen LogP contribution in [0.25, 0.3) is 22.6 Å². The standard InChI is InChI=1S/C12H11N3O3S/c1-7-6-9(18-15-7)12-13-8-4-3-5-10(11(8)14-12)19(2,16)17/h3-6H,1-2H3,(H,13,14). The number of aromatic amines is 1. The number of hydrogen-bond donors (Lipinski definition) is 1. The maximum atomic E-state index is 11.7. The van der Waals surface area contributed by atoms with Crippen molar-refractivity contribution in [3.8, 4) is 11.6 Å². The van der Waals surface area contributed by atoms with Crippen molar-refractivity contribution in [3.63, 3.8) is 0 Å². The van der Waals surface area contributed by atoms with Gasteiger partial charge in [-0.05, 0) is 19.1 Å². The molecule has 0 unspecified atom stereocenters. The van der Waals surface area contributed by atoms with Gasteiger partial charge >= 0.3 is 0 Å². The van der Waals surface area contributed by atoms with E-state index in [1.54, 1.807) is 25.1 Å². The van der Waals surface area contributed by atoms with Crippen LogP contribution in [0.4, 0.5) is 0 Å². The van der Waals surface area contributed by atoms with Gasteiger partial charge in [0.25, 0.3) is 0 Å². The van der Waals surface area contributed by atoms with Crippen molar-refractivity contribution in [2.75, 3.05) is 6.26 Å². The molecule has 19 heavy (non-hydrogen) atoms. The van der Waals surface area contributed by atoms with Crippen LogP contribution < -0.4 is 0 Å². The molecule has 0 saturated heterocycles. The van der Waals surface area contributed by atoms with E-state index in [0.29, 0.717) is 22.6 Å². The Kier molecular flexibility index (Phi) is 2.46. The van der Waals surface area contributed by atoms with E-state index in [0.717, 1.165) is 11.9 Å². The first kappa shape index (κ1) is 11.9. The highest BCUT2D eigenvalue weighted by atomic mass is 32.2. The molecule has 3 rings (SSSR count). The molecule has 0 radical (unpaired) electrons. The second-order valence-corrected chi connectivity index (χ2v) is 6.33. The number of nitrogens with zero attached hydrogens (tertiary/aromatic N) is 2. The molecule has 1 N–H and O–H groups in total. The number of para-hydroxylation sites is 1. The molecule has 0 spiro atoms. The van der Waals surface area contributed by atoms with Crippen LogP contribution in [0.3, 0.4) is 0 Å². The van der Waals surface area contributed by atoms with Crippen molar-refractivity contribution in [2.24, 2.45) is 0 Å². The van der Waals surface area contributed by atoms with Crippen LogP contribution in [-0.2, 0) is 9.84 Å². The monoisotopic (exact) mass is 277 g/mol. The fraction of sp³-hybridized carbons (Fsp3) is 0.167. The van der Waals surface area contributed by atoms with Crippen molar-refractivity contribution in [2.45, 2.75) is 11.8 Å². The number of benzene rings is 1. The van der Waals surface area contributed by atoms with Gasteiger partial charge in [0.1, 0.15) is 5.52 Å². The Bertz CT molecular complexity index is 861. The van der Waals surface area contributed by atoms with Gasteiger partial charge in [-0.15, -0.1) is 0 Å². The van der Waals surface area contributed by atoms with E-state index < -0.39 is 9.84 Å². The van der Waals surface area contributed by atoms with E-state index in [2.05, 4.69) is 15.1 Å². The van der Waals surface area contributed by atoms with Crippen molar-refractivity contribution in [3.05, 3.63) is 30.0 Å². The molecule has 0 aliphatic heterocycles. The van der Waals surface area contributed by atoms with Crippen LogP contribution >= 0.6 is 0 Å². The van der Waals surface area contributed by atoms with Crippen LogP contribution in [0.2, 0.25) is 0 Å². The topological polar surface area (TPSA) is 88.9 Å². The summed E-state index contributed by atoms with van der Waals surface area (Å²) in [4.78, 5) is 7.52. The fourth-order valence-corrected chi connectivity index (χ4v) is 2.73. The van der Waals surface area contributed by atoms with E-state index in [-0.39, 0.29) is 4.90 Å². The van der Waals surface area contributed by atoms with Gasteiger partial charge in [-0.1, -0.05) is 11.2 Å². The molecule has 0 amide bonds. The molecular weight excluding hydrogens is 266 g/mol. The molecule has 0 atom stereocenters. The number of fused-ring (bicyclic) bond motifs is 1. The molecule has 98 valence electrons. The lowest BCUT2D eigenvalue weighted by Gasteiger charge is -1.97. The zero-order valence-electron chi connectivity index (χ0n) is 10.3. The molecule has 0 aliphatic rings. The predicted molar refractivity (Wildman–Crippen MR) is 69.4 cm³/mol. The second kappa shape index (κ2) is 3.92. The number of H-pyrrole nitrogens is 1. The summed E-state index contributed by atoms with van der Waals surface area (Å²) < 4.78 is 28.5. The van der Waals surface area contributed by atoms with Crippen LogP contribution in [0, 0.1) is 6.92 Å². The molecule has 7 heteroatoms. The number of hydrogen-bond acceptors (Lipinski definition) is 5. The minimum atomic E-state index is -3.32. The molecule has 1 aromatic carbocycles. The van der Waals surface area contributed by atoms with E-state index in [1.807, 2.05) is 0 Å². The number of aromatic nitrogens is 3. The van der Waals surface area contributed by atoms with Gasteiger partial charge in [-0.2, -0.15) is 0 Å². The Morgan fingerprint density at radius 1 is 1.32 bits per heavy atom. The number of nitrogens with one attached hydrogen (secondary N) is 1. The normalized spacial score (nSPS) is 12.1. The summed E-state index contributed by atoms with van der Waals surface area (Å²) in [7, 11) is -3.32. The van der Waals surface area contributed by atoms with Gasteiger partial charge < -0.3 is 9.51 Å². The highest BCUT2D eigenvalue weighted by Crippen LogP contribution is 2.25. The molecule has 0 bridgehead atoms. The molecule has 2 heterocycles. The molecule has 0 aliphatic carbocycles. The summed E-state index contributed by atoms with van der Waals surface area (Å²) in [6.45, 7) is 1.80. The van der Waals surface area contributed by atoms with Crippen LogP contribution in [-0.4, -0.2) is 29.8 Å². The predicted octanol–water partition coefficient (Wildman–Crippen LogP) is 1.93.